The molecule has 2 aliphatic heterocycles. The summed E-state index contributed by atoms with van der Waals surface area (Å²) >= 11 is 0. The smallest absolute Gasteiger partial charge is 0.264 e. The third-order valence-corrected chi connectivity index (χ3v) is 11.2. The van der Waals surface area contributed by atoms with Gasteiger partial charge in [-0.3, -0.25) is 14.3 Å². The molecule has 5 atom stereocenters. The summed E-state index contributed by atoms with van der Waals surface area (Å²) in [5.74, 6) is -0.428. The monoisotopic (exact) mass is 623 g/mol. The molecule has 2 aliphatic rings. The lowest BCUT2D eigenvalue weighted by molar-refractivity contribution is -0.146. The van der Waals surface area contributed by atoms with Crippen LogP contribution in [0.25, 0.3) is 0 Å². The second-order valence-electron chi connectivity index (χ2n) is 12.2. The maximum atomic E-state index is 14.6. The Labute approximate surface area is 257 Å². The predicted molar refractivity (Wildman–Crippen MR) is 166 cm³/mol. The van der Waals surface area contributed by atoms with Crippen molar-refractivity contribution in [1.82, 2.24) is 15.0 Å². The van der Waals surface area contributed by atoms with Crippen LogP contribution in [0.15, 0.2) is 48.7 Å². The van der Waals surface area contributed by atoms with E-state index in [0.717, 1.165) is 11.3 Å². The molecule has 0 bridgehead atoms. The van der Waals surface area contributed by atoms with E-state index in [1.807, 2.05) is 50.3 Å². The van der Waals surface area contributed by atoms with Crippen LogP contribution in [0.5, 0.6) is 5.75 Å². The number of methoxy groups -OCH3 is 1. The van der Waals surface area contributed by atoms with Gasteiger partial charge in [-0.15, -0.1) is 5.10 Å². The lowest BCUT2D eigenvalue weighted by Gasteiger charge is -2.32. The number of fused-ring (bicyclic) bond motifs is 2. The lowest BCUT2D eigenvalue weighted by Crippen LogP contribution is -2.46. The Kier molecular flexibility index (Phi) is 8.96. The number of benzene rings is 2. The average Bonchev–Trinajstić information content (AvgIpc) is 3.62. The van der Waals surface area contributed by atoms with Gasteiger partial charge in [0.25, 0.3) is 11.8 Å². The summed E-state index contributed by atoms with van der Waals surface area (Å²) in [5, 5.41) is 29.7. The van der Waals surface area contributed by atoms with E-state index in [9.17, 15) is 24.6 Å². The Morgan fingerprint density at radius 1 is 1.23 bits per heavy atom. The first-order valence-electron chi connectivity index (χ1n) is 14.9. The number of aliphatic hydroxyl groups is 2. The van der Waals surface area contributed by atoms with E-state index >= 15 is 0 Å². The molecule has 3 heterocycles. The third kappa shape index (κ3) is 5.89. The van der Waals surface area contributed by atoms with E-state index in [1.165, 1.54) is 6.92 Å². The number of anilines is 2. The molecular weight excluding hydrogens is 582 g/mol. The lowest BCUT2D eigenvalue weighted by atomic mass is 9.82. The molecule has 2 aromatic carbocycles. The van der Waals surface area contributed by atoms with Crippen molar-refractivity contribution in [2.45, 2.75) is 76.2 Å². The molecule has 4 N–H and O–H groups in total. The van der Waals surface area contributed by atoms with E-state index in [4.69, 9.17) is 9.47 Å². The first-order chi connectivity index (χ1) is 20.9. The number of aryl methyl sites for hydroxylation is 1. The molecule has 13 heteroatoms. The van der Waals surface area contributed by atoms with Crippen LogP contribution >= 0.6 is 0 Å². The van der Waals surface area contributed by atoms with Gasteiger partial charge >= 0.3 is 0 Å². The second kappa shape index (κ2) is 12.4. The molecule has 0 aliphatic carbocycles. The van der Waals surface area contributed by atoms with Crippen LogP contribution < -0.4 is 15.0 Å². The number of amides is 2. The fourth-order valence-electron chi connectivity index (χ4n) is 6.67. The van der Waals surface area contributed by atoms with Gasteiger partial charge in [-0.05, 0) is 62.3 Å². The molecule has 0 saturated carbocycles. The first kappa shape index (κ1) is 31.8. The zero-order valence-electron chi connectivity index (χ0n) is 25.7. The van der Waals surface area contributed by atoms with Gasteiger partial charge in [-0.25, -0.2) is 0 Å². The van der Waals surface area contributed by atoms with Crippen molar-refractivity contribution in [2.75, 3.05) is 23.9 Å². The first-order valence-corrected chi connectivity index (χ1v) is 17.9. The Hall–Kier alpha value is -3.62. The van der Waals surface area contributed by atoms with Crippen LogP contribution in [0, 0.1) is 5.92 Å². The number of nitrogens with one attached hydrogen (secondary N) is 1. The van der Waals surface area contributed by atoms with Crippen LogP contribution in [-0.4, -0.2) is 76.1 Å². The Balaban J connectivity index is 1.46. The second-order valence-corrected chi connectivity index (χ2v) is 16.2. The van der Waals surface area contributed by atoms with Crippen LogP contribution in [0.2, 0.25) is 18.6 Å². The summed E-state index contributed by atoms with van der Waals surface area (Å²) in [6, 6.07) is 12.7. The molecule has 3 aromatic rings. The maximum absolute atomic E-state index is 14.6. The van der Waals surface area contributed by atoms with E-state index in [2.05, 4.69) is 15.6 Å². The molecule has 12 nitrogen and oxygen atoms in total. The summed E-state index contributed by atoms with van der Waals surface area (Å²) < 4.78 is 14.2. The number of carbonyl (C=O) groups excluding carboxylic acids is 2. The molecule has 1 spiro atoms. The minimum absolute atomic E-state index is 0.0119. The normalized spacial score (nSPS) is 23.7. The average molecular weight is 624 g/mol. The summed E-state index contributed by atoms with van der Waals surface area (Å²) in [5.41, 5.74) is 1.94. The molecule has 1 aromatic heterocycles. The fourth-order valence-corrected chi connectivity index (χ4v) is 9.27. The minimum atomic E-state index is -2.84. The number of carbonyl (C=O) groups is 2. The number of nitrogens with zero attached hydrogens (tertiary/aromatic N) is 4. The van der Waals surface area contributed by atoms with Gasteiger partial charge in [-0.2, -0.15) is 0 Å². The zero-order valence-corrected chi connectivity index (χ0v) is 26.7. The van der Waals surface area contributed by atoms with Crippen molar-refractivity contribution in [3.05, 3.63) is 65.5 Å². The minimum Gasteiger partial charge on any atom is -0.497 e. The summed E-state index contributed by atoms with van der Waals surface area (Å²) in [7, 11) is -1.26. The van der Waals surface area contributed by atoms with Gasteiger partial charge in [0.05, 0.1) is 31.1 Å². The molecule has 236 valence electrons. The van der Waals surface area contributed by atoms with Crippen molar-refractivity contribution >= 4 is 31.5 Å². The van der Waals surface area contributed by atoms with E-state index < -0.39 is 32.0 Å². The van der Waals surface area contributed by atoms with E-state index in [0.29, 0.717) is 42.1 Å². The van der Waals surface area contributed by atoms with Crippen molar-refractivity contribution < 1.29 is 34.1 Å². The number of aliphatic hydroxyl groups excluding tert-OH is 2. The molecule has 5 rings (SSSR count). The highest BCUT2D eigenvalue weighted by atomic mass is 28.4. The van der Waals surface area contributed by atoms with Gasteiger partial charge in [0.2, 0.25) is 0 Å². The standard InChI is InChI=1S/C31H41N5O7Si/c1-19-28(44(4,5)41)27(12-14-35-18-23(13-15-37)33-34-35)43-31(19)25-16-24(42-3)10-11-26(25)36(30(31)40)17-21-6-8-22(9-7-21)32-29(39)20(2)38/h6-11,16,18-20,27-28,37-38,41H,12-15,17H2,1-5H3,(H,32,39)/t19-,20-,27+,28-,31+/m0/s1. The Morgan fingerprint density at radius 3 is 2.59 bits per heavy atom. The molecular formula is C31H41N5O7Si. The molecule has 2 amide bonds. The highest BCUT2D eigenvalue weighted by Crippen LogP contribution is 2.60. The summed E-state index contributed by atoms with van der Waals surface area (Å²) in [6.45, 7) is 7.91. The van der Waals surface area contributed by atoms with Gasteiger partial charge < -0.3 is 34.7 Å². The summed E-state index contributed by atoms with van der Waals surface area (Å²) in [6.07, 6.45) is 1.19. The van der Waals surface area contributed by atoms with Gasteiger partial charge in [0.1, 0.15) is 11.9 Å². The molecule has 0 radical (unpaired) electrons. The molecule has 1 saturated heterocycles. The molecule has 44 heavy (non-hydrogen) atoms. The number of ether oxygens (including phenoxy) is 2. The van der Waals surface area contributed by atoms with Crippen LogP contribution in [-0.2, 0) is 39.4 Å². The van der Waals surface area contributed by atoms with Crippen LogP contribution in [0.1, 0.15) is 37.1 Å². The topological polar surface area (TPSA) is 159 Å². The van der Waals surface area contributed by atoms with Crippen LogP contribution in [0.4, 0.5) is 11.4 Å². The largest absolute Gasteiger partial charge is 0.497 e. The number of hydrogen-bond acceptors (Lipinski definition) is 9. The van der Waals surface area contributed by atoms with E-state index in [1.54, 1.807) is 35.0 Å². The van der Waals surface area contributed by atoms with Crippen molar-refractivity contribution in [3.63, 3.8) is 0 Å². The quantitative estimate of drug-likeness (QED) is 0.236. The maximum Gasteiger partial charge on any atom is 0.264 e. The van der Waals surface area contributed by atoms with Crippen molar-refractivity contribution in [2.24, 2.45) is 5.92 Å². The highest BCUT2D eigenvalue weighted by molar-refractivity contribution is 6.71. The third-order valence-electron chi connectivity index (χ3n) is 8.73. The number of hydrogen-bond donors (Lipinski definition) is 4. The Morgan fingerprint density at radius 2 is 1.95 bits per heavy atom. The number of rotatable bonds is 11. The zero-order chi connectivity index (χ0) is 31.8. The summed E-state index contributed by atoms with van der Waals surface area (Å²) in [4.78, 5) is 39.8. The van der Waals surface area contributed by atoms with Gasteiger partial charge in [0.15, 0.2) is 13.9 Å². The fraction of sp³-hybridized carbons (Fsp3) is 0.484. The van der Waals surface area contributed by atoms with E-state index in [-0.39, 0.29) is 30.5 Å². The van der Waals surface area contributed by atoms with Crippen molar-refractivity contribution in [1.29, 1.82) is 0 Å². The SMILES string of the molecule is COc1ccc2c(c1)[C@@]1(O[C@H](CCn3cc(CCO)nn3)[C@@H]([Si](C)(C)O)[C@@H]1C)C(=O)N2Cc1ccc(NC(=O)[C@H](C)O)cc1. The van der Waals surface area contributed by atoms with Gasteiger partial charge in [0, 0.05) is 48.5 Å². The van der Waals surface area contributed by atoms with Gasteiger partial charge in [-0.1, -0.05) is 24.3 Å². The Bertz CT molecular complexity index is 1510. The molecule has 0 unspecified atom stereocenters. The van der Waals surface area contributed by atoms with Crippen molar-refractivity contribution in [3.8, 4) is 5.75 Å². The number of aromatic nitrogens is 3. The van der Waals surface area contributed by atoms with Crippen LogP contribution in [0.3, 0.4) is 0 Å². The molecule has 1 fully saturated rings. The highest BCUT2D eigenvalue weighted by Gasteiger charge is 2.66. The predicted octanol–water partition coefficient (Wildman–Crippen LogP) is 2.58.